The molecule has 1 saturated heterocycles. The molecule has 1 fully saturated rings. The van der Waals surface area contributed by atoms with Crippen LogP contribution in [0.3, 0.4) is 0 Å². The van der Waals surface area contributed by atoms with E-state index in [-0.39, 0.29) is 18.0 Å². The molecule has 0 amide bonds. The number of aromatic nitrogens is 2. The fraction of sp³-hybridized carbons (Fsp3) is 0.474. The summed E-state index contributed by atoms with van der Waals surface area (Å²) in [7, 11) is 0. The highest BCUT2D eigenvalue weighted by Gasteiger charge is 2.17. The molecule has 0 radical (unpaired) electrons. The lowest BCUT2D eigenvalue weighted by atomic mass is 10.00. The molecule has 1 unspecified atom stereocenters. The Labute approximate surface area is 184 Å². The van der Waals surface area contributed by atoms with Crippen LogP contribution in [0.4, 0.5) is 5.69 Å². The number of aromatic amines is 1. The molecule has 2 aromatic rings. The Morgan fingerprint density at radius 2 is 2.11 bits per heavy atom. The highest BCUT2D eigenvalue weighted by atomic mass is 79.9. The van der Waals surface area contributed by atoms with Crippen LogP contribution in [0, 0.1) is 5.92 Å². The predicted molar refractivity (Wildman–Crippen MR) is 119 cm³/mol. The smallest absolute Gasteiger partial charge is 0.280 e. The summed E-state index contributed by atoms with van der Waals surface area (Å²) >= 11 is 9.26. The molecule has 9 heteroatoms. The topological polar surface area (TPSA) is 79.0 Å². The molecule has 154 valence electrons. The molecule has 1 aliphatic rings. The van der Waals surface area contributed by atoms with Crippen molar-refractivity contribution in [2.24, 2.45) is 5.92 Å². The summed E-state index contributed by atoms with van der Waals surface area (Å²) in [6.45, 7) is 3.35. The molecule has 28 heavy (non-hydrogen) atoms. The average Bonchev–Trinajstić information content (AvgIpc) is 2.69. The maximum Gasteiger partial charge on any atom is 0.280 e. The minimum atomic E-state index is -0.271. The van der Waals surface area contributed by atoms with E-state index >= 15 is 0 Å². The average molecular weight is 492 g/mol. The number of hydrogen-bond donors (Lipinski definition) is 3. The van der Waals surface area contributed by atoms with E-state index in [2.05, 4.69) is 36.8 Å². The van der Waals surface area contributed by atoms with Gasteiger partial charge in [-0.1, -0.05) is 23.7 Å². The maximum atomic E-state index is 11.9. The number of hydrogen-bond acceptors (Lipinski definition) is 5. The second kappa shape index (κ2) is 11.7. The van der Waals surface area contributed by atoms with Crippen molar-refractivity contribution in [3.05, 3.63) is 49.7 Å². The van der Waals surface area contributed by atoms with Crippen molar-refractivity contribution in [1.82, 2.24) is 15.5 Å². The van der Waals surface area contributed by atoms with Gasteiger partial charge in [0.15, 0.2) is 0 Å². The predicted octanol–water partition coefficient (Wildman–Crippen LogP) is 4.03. The number of H-pyrrole nitrogens is 1. The van der Waals surface area contributed by atoms with E-state index in [0.717, 1.165) is 37.5 Å². The Morgan fingerprint density at radius 1 is 1.32 bits per heavy atom. The van der Waals surface area contributed by atoms with E-state index in [0.29, 0.717) is 28.6 Å². The van der Waals surface area contributed by atoms with Crippen LogP contribution in [0.2, 0.25) is 5.02 Å². The van der Waals surface area contributed by atoms with Crippen molar-refractivity contribution < 1.29 is 4.74 Å². The first-order valence-corrected chi connectivity index (χ1v) is 10.4. The number of piperidine rings is 1. The Hall–Kier alpha value is -1.28. The lowest BCUT2D eigenvalue weighted by Gasteiger charge is -2.24. The van der Waals surface area contributed by atoms with E-state index in [9.17, 15) is 4.79 Å². The number of nitrogens with zero attached hydrogens (tertiary/aromatic N) is 1. The van der Waals surface area contributed by atoms with Crippen LogP contribution in [0.15, 0.2) is 33.5 Å². The molecule has 3 N–H and O–H groups in total. The van der Waals surface area contributed by atoms with Crippen molar-refractivity contribution in [3.8, 4) is 5.88 Å². The summed E-state index contributed by atoms with van der Waals surface area (Å²) in [6.07, 6.45) is 4.07. The van der Waals surface area contributed by atoms with E-state index in [1.807, 2.05) is 24.3 Å². The molecule has 1 aliphatic heterocycles. The Bertz CT molecular complexity index is 796. The van der Waals surface area contributed by atoms with Crippen LogP contribution in [0.5, 0.6) is 5.88 Å². The lowest BCUT2D eigenvalue weighted by molar-refractivity contribution is 0.296. The number of nitrogens with one attached hydrogen (secondary N) is 3. The van der Waals surface area contributed by atoms with Gasteiger partial charge in [-0.15, -0.1) is 17.5 Å². The Balaban J connectivity index is 0.00000280. The van der Waals surface area contributed by atoms with Gasteiger partial charge in [-0.05, 0) is 78.3 Å². The van der Waals surface area contributed by atoms with E-state index < -0.39 is 0 Å². The van der Waals surface area contributed by atoms with Crippen LogP contribution in [-0.2, 0) is 6.42 Å². The molecule has 1 aromatic heterocycles. The van der Waals surface area contributed by atoms with Crippen LogP contribution < -0.4 is 20.9 Å². The Morgan fingerprint density at radius 3 is 2.82 bits per heavy atom. The summed E-state index contributed by atoms with van der Waals surface area (Å²) in [4.78, 5) is 11.9. The van der Waals surface area contributed by atoms with Crippen molar-refractivity contribution in [1.29, 1.82) is 0 Å². The van der Waals surface area contributed by atoms with E-state index in [4.69, 9.17) is 16.3 Å². The molecule has 1 aromatic carbocycles. The number of aryl methyl sites for hydroxylation is 1. The lowest BCUT2D eigenvalue weighted by Crippen LogP contribution is -2.33. The van der Waals surface area contributed by atoms with Crippen molar-refractivity contribution in [2.45, 2.75) is 25.7 Å². The van der Waals surface area contributed by atoms with Crippen LogP contribution in [-0.4, -0.2) is 36.4 Å². The quantitative estimate of drug-likeness (QED) is 0.486. The van der Waals surface area contributed by atoms with Gasteiger partial charge in [-0.2, -0.15) is 0 Å². The molecule has 6 nitrogen and oxygen atoms in total. The summed E-state index contributed by atoms with van der Waals surface area (Å²) in [6, 6.07) is 7.81. The van der Waals surface area contributed by atoms with Crippen LogP contribution in [0.25, 0.3) is 0 Å². The number of rotatable bonds is 8. The molecule has 0 aliphatic carbocycles. The maximum absolute atomic E-state index is 11.9. The van der Waals surface area contributed by atoms with Gasteiger partial charge in [-0.3, -0.25) is 4.79 Å². The summed E-state index contributed by atoms with van der Waals surface area (Å²) in [5.74, 6) is 0.948. The van der Waals surface area contributed by atoms with Gasteiger partial charge < -0.3 is 15.4 Å². The molecular formula is C19H25BrCl2N4O2. The fourth-order valence-electron chi connectivity index (χ4n) is 3.11. The first-order chi connectivity index (χ1) is 13.1. The first kappa shape index (κ1) is 23.0. The number of halogens is 3. The zero-order valence-corrected chi connectivity index (χ0v) is 18.6. The largest absolute Gasteiger partial charge is 0.475 e. The van der Waals surface area contributed by atoms with Crippen molar-refractivity contribution in [3.63, 3.8) is 0 Å². The highest BCUT2D eigenvalue weighted by molar-refractivity contribution is 9.10. The fourth-order valence-corrected chi connectivity index (χ4v) is 3.64. The van der Waals surface area contributed by atoms with Gasteiger partial charge in [0.25, 0.3) is 11.4 Å². The molecule has 3 rings (SSSR count). The van der Waals surface area contributed by atoms with Crippen molar-refractivity contribution >= 4 is 45.6 Å². The third-order valence-corrected chi connectivity index (χ3v) is 5.63. The second-order valence-corrected chi connectivity index (χ2v) is 7.95. The zero-order valence-electron chi connectivity index (χ0n) is 15.5. The zero-order chi connectivity index (χ0) is 19.1. The van der Waals surface area contributed by atoms with E-state index in [1.165, 1.54) is 18.4 Å². The van der Waals surface area contributed by atoms with Gasteiger partial charge >= 0.3 is 0 Å². The van der Waals surface area contributed by atoms with Gasteiger partial charge in [0, 0.05) is 11.6 Å². The summed E-state index contributed by atoms with van der Waals surface area (Å²) in [5, 5.41) is 14.0. The molecular weight excluding hydrogens is 467 g/mol. The molecule has 0 spiro atoms. The summed E-state index contributed by atoms with van der Waals surface area (Å²) < 4.78 is 6.27. The second-order valence-electron chi connectivity index (χ2n) is 6.72. The third kappa shape index (κ3) is 6.65. The highest BCUT2D eigenvalue weighted by Crippen LogP contribution is 2.28. The molecule has 0 bridgehead atoms. The van der Waals surface area contributed by atoms with Crippen LogP contribution >= 0.6 is 39.9 Å². The molecule has 1 atom stereocenters. The SMILES string of the molecule is Cl.O=c1[nH]nc(OCCCc2ccc(Cl)cc2)c(NCC2CCCNC2)c1Br. The van der Waals surface area contributed by atoms with Gasteiger partial charge in [0.2, 0.25) is 0 Å². The molecule has 2 heterocycles. The minimum Gasteiger partial charge on any atom is -0.475 e. The van der Waals surface area contributed by atoms with Crippen LogP contribution in [0.1, 0.15) is 24.8 Å². The normalized spacial score (nSPS) is 16.3. The standard InChI is InChI=1S/C19H24BrClN4O2.ClH/c20-16-17(23-12-14-3-1-9-22-11-14)19(25-24-18(16)26)27-10-2-4-13-5-7-15(21)8-6-13;/h5-8,14,22H,1-4,9-12H2,(H2,23,24,26);1H. The number of ether oxygens (including phenoxy) is 1. The monoisotopic (exact) mass is 490 g/mol. The van der Waals surface area contributed by atoms with Gasteiger partial charge in [0.1, 0.15) is 10.2 Å². The Kier molecular flexibility index (Phi) is 9.58. The third-order valence-electron chi connectivity index (χ3n) is 4.62. The van der Waals surface area contributed by atoms with Gasteiger partial charge in [-0.25, -0.2) is 5.10 Å². The van der Waals surface area contributed by atoms with Crippen molar-refractivity contribution in [2.75, 3.05) is 31.6 Å². The van der Waals surface area contributed by atoms with Gasteiger partial charge in [0.05, 0.1) is 6.61 Å². The number of anilines is 1. The molecule has 0 saturated carbocycles. The first-order valence-electron chi connectivity index (χ1n) is 9.23. The summed E-state index contributed by atoms with van der Waals surface area (Å²) in [5.41, 5.74) is 1.56. The minimum absolute atomic E-state index is 0. The number of benzene rings is 1. The van der Waals surface area contributed by atoms with E-state index in [1.54, 1.807) is 0 Å².